The van der Waals surface area contributed by atoms with Crippen molar-refractivity contribution in [3.8, 4) is 0 Å². The van der Waals surface area contributed by atoms with Crippen molar-refractivity contribution in [3.05, 3.63) is 53.3 Å². The third-order valence-electron chi connectivity index (χ3n) is 4.48. The number of pyridine rings is 1. The Labute approximate surface area is 139 Å². The molecule has 3 heterocycles. The van der Waals surface area contributed by atoms with Gasteiger partial charge in [0, 0.05) is 25.7 Å². The molecule has 0 spiro atoms. The van der Waals surface area contributed by atoms with Gasteiger partial charge in [0.2, 0.25) is 0 Å². The molecule has 3 aromatic rings. The third-order valence-corrected chi connectivity index (χ3v) is 4.68. The Balaban J connectivity index is 1.44. The maximum atomic E-state index is 5.92. The molecule has 0 radical (unpaired) electrons. The van der Waals surface area contributed by atoms with Crippen LogP contribution in [0.1, 0.15) is 24.4 Å². The molecule has 6 heteroatoms. The number of halogens is 1. The average molecular weight is 328 g/mol. The first-order valence-electron chi connectivity index (χ1n) is 7.92. The minimum Gasteiger partial charge on any atom is -0.299 e. The predicted octanol–water partition coefficient (Wildman–Crippen LogP) is 3.32. The smallest absolute Gasteiger partial charge is 0.131 e. The second-order valence-corrected chi connectivity index (χ2v) is 6.41. The van der Waals surface area contributed by atoms with E-state index in [1.165, 1.54) is 5.56 Å². The standard InChI is InChI=1S/C17H18ClN5/c18-17-10-15-16(11-19-17)23(21-20-15)14-6-8-22(9-7-14)12-13-4-2-1-3-5-13/h1-5,10-11,14H,6-9,12H2. The zero-order chi connectivity index (χ0) is 15.6. The number of rotatable bonds is 3. The van der Waals surface area contributed by atoms with E-state index >= 15 is 0 Å². The molecule has 23 heavy (non-hydrogen) atoms. The van der Waals surface area contributed by atoms with E-state index in [1.54, 1.807) is 12.3 Å². The number of likely N-dealkylation sites (tertiary alicyclic amines) is 1. The van der Waals surface area contributed by atoms with E-state index in [4.69, 9.17) is 11.6 Å². The molecule has 0 unspecified atom stereocenters. The van der Waals surface area contributed by atoms with Crippen molar-refractivity contribution in [2.75, 3.05) is 13.1 Å². The SMILES string of the molecule is Clc1cc2nnn(C3CCN(Cc4ccccc4)CC3)c2cn1. The fourth-order valence-corrected chi connectivity index (χ4v) is 3.40. The zero-order valence-corrected chi connectivity index (χ0v) is 13.5. The van der Waals surface area contributed by atoms with Gasteiger partial charge in [-0.25, -0.2) is 9.67 Å². The molecule has 0 bridgehead atoms. The van der Waals surface area contributed by atoms with Crippen molar-refractivity contribution < 1.29 is 0 Å². The molecule has 2 aromatic heterocycles. The van der Waals surface area contributed by atoms with E-state index in [1.807, 2.05) is 4.68 Å². The maximum Gasteiger partial charge on any atom is 0.131 e. The quantitative estimate of drug-likeness (QED) is 0.692. The first-order chi connectivity index (χ1) is 11.3. The van der Waals surface area contributed by atoms with Crippen molar-refractivity contribution in [1.82, 2.24) is 24.9 Å². The van der Waals surface area contributed by atoms with Crippen LogP contribution in [-0.4, -0.2) is 38.0 Å². The highest BCUT2D eigenvalue weighted by molar-refractivity contribution is 6.29. The van der Waals surface area contributed by atoms with E-state index in [-0.39, 0.29) is 0 Å². The lowest BCUT2D eigenvalue weighted by Gasteiger charge is -2.32. The first-order valence-corrected chi connectivity index (χ1v) is 8.30. The molecular weight excluding hydrogens is 310 g/mol. The number of hydrogen-bond donors (Lipinski definition) is 0. The van der Waals surface area contributed by atoms with Gasteiger partial charge in [-0.1, -0.05) is 47.1 Å². The molecule has 0 aliphatic carbocycles. The topological polar surface area (TPSA) is 46.8 Å². The number of nitrogens with zero attached hydrogens (tertiary/aromatic N) is 5. The summed E-state index contributed by atoms with van der Waals surface area (Å²) in [5, 5.41) is 9.00. The van der Waals surface area contributed by atoms with Gasteiger partial charge in [0.05, 0.1) is 12.2 Å². The van der Waals surface area contributed by atoms with Crippen LogP contribution in [0.5, 0.6) is 0 Å². The Bertz CT molecular complexity index is 793. The Kier molecular flexibility index (Phi) is 3.97. The fourth-order valence-electron chi connectivity index (χ4n) is 3.25. The van der Waals surface area contributed by atoms with Crippen LogP contribution < -0.4 is 0 Å². The largest absolute Gasteiger partial charge is 0.299 e. The fraction of sp³-hybridized carbons (Fsp3) is 0.353. The number of hydrogen-bond acceptors (Lipinski definition) is 4. The molecule has 1 fully saturated rings. The lowest BCUT2D eigenvalue weighted by Crippen LogP contribution is -2.34. The zero-order valence-electron chi connectivity index (χ0n) is 12.8. The molecule has 5 nitrogen and oxygen atoms in total. The Hall–Kier alpha value is -1.98. The summed E-state index contributed by atoms with van der Waals surface area (Å²) in [6.45, 7) is 3.16. The number of aromatic nitrogens is 4. The van der Waals surface area contributed by atoms with Crippen molar-refractivity contribution >= 4 is 22.6 Å². The average Bonchev–Trinajstić information content (AvgIpc) is 2.99. The van der Waals surface area contributed by atoms with Crippen LogP contribution in [0.25, 0.3) is 11.0 Å². The molecular formula is C17H18ClN5. The molecule has 118 valence electrons. The van der Waals surface area contributed by atoms with Gasteiger partial charge in [-0.15, -0.1) is 5.10 Å². The summed E-state index contributed by atoms with van der Waals surface area (Å²) in [6.07, 6.45) is 3.93. The van der Waals surface area contributed by atoms with E-state index < -0.39 is 0 Å². The van der Waals surface area contributed by atoms with Crippen LogP contribution >= 0.6 is 11.6 Å². The lowest BCUT2D eigenvalue weighted by atomic mass is 10.0. The van der Waals surface area contributed by atoms with Gasteiger partial charge >= 0.3 is 0 Å². The van der Waals surface area contributed by atoms with E-state index in [9.17, 15) is 0 Å². The van der Waals surface area contributed by atoms with Gasteiger partial charge in [-0.2, -0.15) is 0 Å². The minimum atomic E-state index is 0.384. The van der Waals surface area contributed by atoms with Crippen LogP contribution in [-0.2, 0) is 6.54 Å². The van der Waals surface area contributed by atoms with Crippen molar-refractivity contribution in [2.45, 2.75) is 25.4 Å². The molecule has 0 N–H and O–H groups in total. The van der Waals surface area contributed by atoms with Gasteiger partial charge < -0.3 is 0 Å². The summed E-state index contributed by atoms with van der Waals surface area (Å²) < 4.78 is 2.01. The summed E-state index contributed by atoms with van der Waals surface area (Å²) in [7, 11) is 0. The molecule has 1 saturated heterocycles. The summed E-state index contributed by atoms with van der Waals surface area (Å²) in [5.74, 6) is 0. The van der Waals surface area contributed by atoms with E-state index in [0.717, 1.165) is 43.5 Å². The summed E-state index contributed by atoms with van der Waals surface area (Å²) in [4.78, 5) is 6.66. The van der Waals surface area contributed by atoms with Crippen LogP contribution in [0.4, 0.5) is 0 Å². The number of fused-ring (bicyclic) bond motifs is 1. The van der Waals surface area contributed by atoms with Gasteiger partial charge in [0.1, 0.15) is 16.2 Å². The summed E-state index contributed by atoms with van der Waals surface area (Å²) >= 11 is 5.92. The first kappa shape index (κ1) is 14.6. The van der Waals surface area contributed by atoms with Gasteiger partial charge in [-0.3, -0.25) is 4.90 Å². The molecule has 0 saturated carbocycles. The summed E-state index contributed by atoms with van der Waals surface area (Å²) in [6, 6.07) is 12.8. The number of benzene rings is 1. The highest BCUT2D eigenvalue weighted by atomic mass is 35.5. The maximum absolute atomic E-state index is 5.92. The Morgan fingerprint density at radius 2 is 1.91 bits per heavy atom. The number of piperidine rings is 1. The normalized spacial score (nSPS) is 16.9. The van der Waals surface area contributed by atoms with Crippen LogP contribution in [0, 0.1) is 0 Å². The second-order valence-electron chi connectivity index (χ2n) is 6.02. The predicted molar refractivity (Wildman–Crippen MR) is 90.3 cm³/mol. The molecule has 1 aliphatic heterocycles. The third kappa shape index (κ3) is 3.07. The molecule has 1 aliphatic rings. The highest BCUT2D eigenvalue weighted by Crippen LogP contribution is 2.26. The second kappa shape index (κ2) is 6.26. The summed E-state index contributed by atoms with van der Waals surface area (Å²) in [5.41, 5.74) is 3.16. The molecule has 0 atom stereocenters. The van der Waals surface area contributed by atoms with Crippen LogP contribution in [0.2, 0.25) is 5.15 Å². The Morgan fingerprint density at radius 1 is 1.13 bits per heavy atom. The van der Waals surface area contributed by atoms with Crippen molar-refractivity contribution in [3.63, 3.8) is 0 Å². The van der Waals surface area contributed by atoms with Gasteiger partial charge in [0.25, 0.3) is 0 Å². The van der Waals surface area contributed by atoms with Crippen LogP contribution in [0.15, 0.2) is 42.6 Å². The lowest BCUT2D eigenvalue weighted by molar-refractivity contribution is 0.174. The van der Waals surface area contributed by atoms with Crippen molar-refractivity contribution in [2.24, 2.45) is 0 Å². The van der Waals surface area contributed by atoms with E-state index in [0.29, 0.717) is 11.2 Å². The monoisotopic (exact) mass is 327 g/mol. The van der Waals surface area contributed by atoms with Crippen LogP contribution in [0.3, 0.4) is 0 Å². The highest BCUT2D eigenvalue weighted by Gasteiger charge is 2.23. The molecule has 4 rings (SSSR count). The Morgan fingerprint density at radius 3 is 2.70 bits per heavy atom. The van der Waals surface area contributed by atoms with Crippen molar-refractivity contribution in [1.29, 1.82) is 0 Å². The molecule has 0 amide bonds. The van der Waals surface area contributed by atoms with Gasteiger partial charge in [0.15, 0.2) is 0 Å². The molecule has 1 aromatic carbocycles. The minimum absolute atomic E-state index is 0.384. The van der Waals surface area contributed by atoms with Gasteiger partial charge in [-0.05, 0) is 18.4 Å². The van der Waals surface area contributed by atoms with E-state index in [2.05, 4.69) is 50.5 Å².